The Hall–Kier alpha value is -1.66. The Kier molecular flexibility index (Phi) is 2.89. The van der Waals surface area contributed by atoms with Gasteiger partial charge in [-0.2, -0.15) is 4.98 Å². The number of hydrogen-bond donors (Lipinski definition) is 1. The van der Waals surface area contributed by atoms with Crippen LogP contribution >= 0.6 is 27.3 Å². The van der Waals surface area contributed by atoms with Crippen molar-refractivity contribution < 1.29 is 4.52 Å². The second-order valence-electron chi connectivity index (χ2n) is 3.61. The summed E-state index contributed by atoms with van der Waals surface area (Å²) in [5, 5.41) is 5.92. The third-order valence-corrected chi connectivity index (χ3v) is 4.26. The molecule has 3 rings (SSSR count). The van der Waals surface area contributed by atoms with E-state index in [1.54, 1.807) is 11.3 Å². The van der Waals surface area contributed by atoms with Gasteiger partial charge in [0.05, 0.1) is 0 Å². The van der Waals surface area contributed by atoms with Crippen LogP contribution in [0.2, 0.25) is 0 Å². The van der Waals surface area contributed by atoms with Crippen molar-refractivity contribution >= 4 is 33.0 Å². The van der Waals surface area contributed by atoms with Crippen molar-refractivity contribution in [3.63, 3.8) is 0 Å². The van der Waals surface area contributed by atoms with Gasteiger partial charge < -0.3 is 10.3 Å². The molecule has 0 radical (unpaired) electrons. The first-order chi connectivity index (χ1) is 8.75. The van der Waals surface area contributed by atoms with E-state index in [0.29, 0.717) is 17.4 Å². The number of para-hydroxylation sites is 1. The molecule has 0 bridgehead atoms. The lowest BCUT2D eigenvalue weighted by Crippen LogP contribution is -1.90. The van der Waals surface area contributed by atoms with Crippen LogP contribution in [0.1, 0.15) is 0 Å². The summed E-state index contributed by atoms with van der Waals surface area (Å²) >= 11 is 4.98. The first-order valence-corrected chi connectivity index (χ1v) is 6.85. The molecule has 0 aliphatic heterocycles. The number of thiophene rings is 1. The third-order valence-electron chi connectivity index (χ3n) is 2.44. The molecule has 18 heavy (non-hydrogen) atoms. The van der Waals surface area contributed by atoms with E-state index in [1.165, 1.54) is 0 Å². The lowest BCUT2D eigenvalue weighted by molar-refractivity contribution is 0.433. The van der Waals surface area contributed by atoms with Gasteiger partial charge in [0.15, 0.2) is 0 Å². The largest absolute Gasteiger partial charge is 0.398 e. The van der Waals surface area contributed by atoms with Crippen LogP contribution in [0.5, 0.6) is 0 Å². The number of nitrogen functional groups attached to an aromatic ring is 1. The molecule has 2 heterocycles. The highest BCUT2D eigenvalue weighted by molar-refractivity contribution is 9.10. The zero-order valence-electron chi connectivity index (χ0n) is 9.13. The molecule has 0 unspecified atom stereocenters. The minimum Gasteiger partial charge on any atom is -0.398 e. The van der Waals surface area contributed by atoms with Crippen LogP contribution in [-0.2, 0) is 0 Å². The SMILES string of the molecule is Nc1ccccc1-c1noc(-c2sccc2Br)n1. The van der Waals surface area contributed by atoms with Crippen LogP contribution in [0.3, 0.4) is 0 Å². The van der Waals surface area contributed by atoms with E-state index in [0.717, 1.165) is 14.9 Å². The van der Waals surface area contributed by atoms with Crippen LogP contribution in [0.4, 0.5) is 5.69 Å². The molecular weight excluding hydrogens is 314 g/mol. The Morgan fingerprint density at radius 3 is 2.78 bits per heavy atom. The number of hydrogen-bond acceptors (Lipinski definition) is 5. The number of benzene rings is 1. The summed E-state index contributed by atoms with van der Waals surface area (Å²) in [5.74, 6) is 0.999. The molecule has 0 aliphatic rings. The molecule has 0 saturated carbocycles. The molecule has 3 aromatic rings. The molecule has 0 spiro atoms. The van der Waals surface area contributed by atoms with Crippen molar-refractivity contribution in [1.29, 1.82) is 0 Å². The van der Waals surface area contributed by atoms with Gasteiger partial charge in [0.2, 0.25) is 5.82 Å². The van der Waals surface area contributed by atoms with Gasteiger partial charge in [0.25, 0.3) is 5.89 Å². The maximum Gasteiger partial charge on any atom is 0.269 e. The number of rotatable bonds is 2. The van der Waals surface area contributed by atoms with E-state index in [2.05, 4.69) is 26.1 Å². The van der Waals surface area contributed by atoms with Gasteiger partial charge in [-0.3, -0.25) is 0 Å². The van der Waals surface area contributed by atoms with E-state index in [-0.39, 0.29) is 0 Å². The Bertz CT molecular complexity index is 692. The molecule has 1 aromatic carbocycles. The molecule has 0 aliphatic carbocycles. The normalized spacial score (nSPS) is 10.7. The van der Waals surface area contributed by atoms with Crippen LogP contribution in [0.15, 0.2) is 44.7 Å². The predicted molar refractivity (Wildman–Crippen MR) is 75.2 cm³/mol. The van der Waals surface area contributed by atoms with E-state index < -0.39 is 0 Å². The van der Waals surface area contributed by atoms with Crippen molar-refractivity contribution in [1.82, 2.24) is 10.1 Å². The zero-order chi connectivity index (χ0) is 12.5. The summed E-state index contributed by atoms with van der Waals surface area (Å²) in [5.41, 5.74) is 7.29. The van der Waals surface area contributed by atoms with Crippen LogP contribution in [0, 0.1) is 0 Å². The highest BCUT2D eigenvalue weighted by Gasteiger charge is 2.15. The minimum atomic E-state index is 0.495. The van der Waals surface area contributed by atoms with Gasteiger partial charge in [0, 0.05) is 15.7 Å². The third kappa shape index (κ3) is 1.93. The fourth-order valence-corrected chi connectivity index (χ4v) is 3.03. The number of nitrogens with zero attached hydrogens (tertiary/aromatic N) is 2. The highest BCUT2D eigenvalue weighted by Crippen LogP contribution is 2.33. The van der Waals surface area contributed by atoms with Gasteiger partial charge in [-0.25, -0.2) is 0 Å². The molecule has 0 amide bonds. The fraction of sp³-hybridized carbons (Fsp3) is 0. The zero-order valence-corrected chi connectivity index (χ0v) is 11.5. The van der Waals surface area contributed by atoms with Crippen molar-refractivity contribution in [3.05, 3.63) is 40.2 Å². The second kappa shape index (κ2) is 4.55. The van der Waals surface area contributed by atoms with E-state index >= 15 is 0 Å². The van der Waals surface area contributed by atoms with Gasteiger partial charge in [0.1, 0.15) is 4.88 Å². The van der Waals surface area contributed by atoms with Gasteiger partial charge in [-0.05, 0) is 39.5 Å². The predicted octanol–water partition coefficient (Wildman–Crippen LogP) is 3.81. The van der Waals surface area contributed by atoms with E-state index in [1.807, 2.05) is 35.7 Å². The van der Waals surface area contributed by atoms with Gasteiger partial charge >= 0.3 is 0 Å². The molecular formula is C12H8BrN3OS. The first kappa shape index (κ1) is 11.4. The fourth-order valence-electron chi connectivity index (χ4n) is 1.57. The highest BCUT2D eigenvalue weighted by atomic mass is 79.9. The van der Waals surface area contributed by atoms with Gasteiger partial charge in [-0.1, -0.05) is 17.3 Å². The quantitative estimate of drug-likeness (QED) is 0.729. The van der Waals surface area contributed by atoms with Crippen molar-refractivity contribution in [2.75, 3.05) is 5.73 Å². The standard InChI is InChI=1S/C12H8BrN3OS/c13-8-5-6-18-10(8)12-15-11(16-17-12)7-3-1-2-4-9(7)14/h1-6H,14H2. The summed E-state index contributed by atoms with van der Waals surface area (Å²) in [6.45, 7) is 0. The topological polar surface area (TPSA) is 64.9 Å². The van der Waals surface area contributed by atoms with Crippen molar-refractivity contribution in [2.24, 2.45) is 0 Å². The summed E-state index contributed by atoms with van der Waals surface area (Å²) < 4.78 is 6.21. The monoisotopic (exact) mass is 321 g/mol. The summed E-state index contributed by atoms with van der Waals surface area (Å²) in [6.07, 6.45) is 0. The molecule has 4 nitrogen and oxygen atoms in total. The average molecular weight is 322 g/mol. The summed E-state index contributed by atoms with van der Waals surface area (Å²) in [7, 11) is 0. The molecule has 0 atom stereocenters. The Labute approximate surface area is 116 Å². The maximum atomic E-state index is 5.88. The van der Waals surface area contributed by atoms with Crippen LogP contribution < -0.4 is 5.73 Å². The molecule has 2 aromatic heterocycles. The maximum absolute atomic E-state index is 5.88. The first-order valence-electron chi connectivity index (χ1n) is 5.17. The second-order valence-corrected chi connectivity index (χ2v) is 5.38. The Morgan fingerprint density at radius 1 is 1.22 bits per heavy atom. The van der Waals surface area contributed by atoms with Gasteiger partial charge in [-0.15, -0.1) is 11.3 Å². The molecule has 2 N–H and O–H groups in total. The summed E-state index contributed by atoms with van der Waals surface area (Å²) in [6, 6.07) is 9.39. The Balaban J connectivity index is 2.05. The average Bonchev–Trinajstić information content (AvgIpc) is 2.98. The number of nitrogens with two attached hydrogens (primary N) is 1. The van der Waals surface area contributed by atoms with Crippen molar-refractivity contribution in [3.8, 4) is 22.2 Å². The lowest BCUT2D eigenvalue weighted by Gasteiger charge is -1.97. The number of halogens is 1. The number of aromatic nitrogens is 2. The number of anilines is 1. The molecule has 0 saturated heterocycles. The van der Waals surface area contributed by atoms with Crippen LogP contribution in [-0.4, -0.2) is 10.1 Å². The smallest absolute Gasteiger partial charge is 0.269 e. The van der Waals surface area contributed by atoms with Crippen LogP contribution in [0.25, 0.3) is 22.2 Å². The summed E-state index contributed by atoms with van der Waals surface area (Å²) in [4.78, 5) is 5.29. The van der Waals surface area contributed by atoms with Crippen molar-refractivity contribution in [2.45, 2.75) is 0 Å². The molecule has 0 fully saturated rings. The molecule has 6 heteroatoms. The molecule has 90 valence electrons. The van der Waals surface area contributed by atoms with E-state index in [9.17, 15) is 0 Å². The Morgan fingerprint density at radius 2 is 2.06 bits per heavy atom. The lowest BCUT2D eigenvalue weighted by atomic mass is 10.2. The van der Waals surface area contributed by atoms with E-state index in [4.69, 9.17) is 10.3 Å². The minimum absolute atomic E-state index is 0.495.